The summed E-state index contributed by atoms with van der Waals surface area (Å²) in [7, 11) is 1.78. The van der Waals surface area contributed by atoms with Crippen molar-refractivity contribution in [1.29, 1.82) is 0 Å². The van der Waals surface area contributed by atoms with Crippen LogP contribution in [0.3, 0.4) is 0 Å². The standard InChI is InChI=1S/C26H25N5O4/c1-30-21-7-6-18(22(32)29-16-17-4-2-5-19(14-17)23(33)34)15-20(21)26(24(30)35)8-12-31(13-9-26)25-27-10-3-11-28-25/h2-7,10-11,14-15H,8-9,12-13,16H2,1H3,(H,29,32)(H,33,34). The summed E-state index contributed by atoms with van der Waals surface area (Å²) in [4.78, 5) is 50.0. The molecule has 3 heterocycles. The van der Waals surface area contributed by atoms with Gasteiger partial charge in [0.05, 0.1) is 11.0 Å². The minimum atomic E-state index is -1.01. The molecule has 9 heteroatoms. The van der Waals surface area contributed by atoms with E-state index in [9.17, 15) is 19.5 Å². The predicted molar refractivity (Wildman–Crippen MR) is 130 cm³/mol. The predicted octanol–water partition coefficient (Wildman–Crippen LogP) is 2.62. The summed E-state index contributed by atoms with van der Waals surface area (Å²) in [6.07, 6.45) is 4.63. The van der Waals surface area contributed by atoms with Crippen LogP contribution in [0.1, 0.15) is 44.7 Å². The van der Waals surface area contributed by atoms with Crippen molar-refractivity contribution < 1.29 is 19.5 Å². The van der Waals surface area contributed by atoms with Crippen LogP contribution in [0, 0.1) is 0 Å². The third-order valence-corrected chi connectivity index (χ3v) is 6.93. The zero-order valence-corrected chi connectivity index (χ0v) is 19.3. The van der Waals surface area contributed by atoms with Gasteiger partial charge in [0.15, 0.2) is 0 Å². The molecule has 0 aliphatic carbocycles. The summed E-state index contributed by atoms with van der Waals surface area (Å²) in [5.41, 5.74) is 2.35. The number of aromatic nitrogens is 2. The molecule has 5 rings (SSSR count). The highest BCUT2D eigenvalue weighted by molar-refractivity contribution is 6.09. The van der Waals surface area contributed by atoms with Crippen molar-refractivity contribution in [3.63, 3.8) is 0 Å². The first kappa shape index (κ1) is 22.5. The number of hydrogen-bond acceptors (Lipinski definition) is 6. The molecular formula is C26H25N5O4. The number of carboxylic acids is 1. The second-order valence-electron chi connectivity index (χ2n) is 8.90. The number of amides is 2. The molecule has 1 aromatic heterocycles. The Bertz CT molecular complexity index is 1300. The number of fused-ring (bicyclic) bond motifs is 2. The third kappa shape index (κ3) is 3.99. The van der Waals surface area contributed by atoms with Gasteiger partial charge in [0.25, 0.3) is 5.91 Å². The summed E-state index contributed by atoms with van der Waals surface area (Å²) in [5.74, 6) is -0.591. The van der Waals surface area contributed by atoms with Crippen LogP contribution in [0.5, 0.6) is 0 Å². The van der Waals surface area contributed by atoms with E-state index in [1.54, 1.807) is 48.6 Å². The Morgan fingerprint density at radius 2 is 1.77 bits per heavy atom. The molecule has 35 heavy (non-hydrogen) atoms. The molecule has 0 unspecified atom stereocenters. The van der Waals surface area contributed by atoms with Crippen LogP contribution >= 0.6 is 0 Å². The van der Waals surface area contributed by atoms with Crippen molar-refractivity contribution in [3.05, 3.63) is 83.2 Å². The quantitative estimate of drug-likeness (QED) is 0.588. The van der Waals surface area contributed by atoms with Crippen molar-refractivity contribution in [1.82, 2.24) is 15.3 Å². The molecule has 0 radical (unpaired) electrons. The van der Waals surface area contributed by atoms with E-state index < -0.39 is 11.4 Å². The van der Waals surface area contributed by atoms with Crippen LogP contribution < -0.4 is 15.1 Å². The van der Waals surface area contributed by atoms with Gasteiger partial charge in [0.2, 0.25) is 11.9 Å². The molecule has 2 aliphatic rings. The summed E-state index contributed by atoms with van der Waals surface area (Å²) >= 11 is 0. The summed E-state index contributed by atoms with van der Waals surface area (Å²) in [5, 5.41) is 12.0. The van der Waals surface area contributed by atoms with Gasteiger partial charge in [0.1, 0.15) is 0 Å². The summed E-state index contributed by atoms with van der Waals surface area (Å²) in [6.45, 7) is 1.48. The van der Waals surface area contributed by atoms with E-state index in [2.05, 4.69) is 20.2 Å². The molecular weight excluding hydrogens is 446 g/mol. The van der Waals surface area contributed by atoms with Crippen LogP contribution in [-0.4, -0.2) is 53.0 Å². The van der Waals surface area contributed by atoms with Gasteiger partial charge in [-0.1, -0.05) is 12.1 Å². The minimum Gasteiger partial charge on any atom is -0.478 e. The molecule has 9 nitrogen and oxygen atoms in total. The number of piperidine rings is 1. The van der Waals surface area contributed by atoms with Gasteiger partial charge in [0, 0.05) is 50.3 Å². The minimum absolute atomic E-state index is 0.0455. The number of rotatable bonds is 5. The third-order valence-electron chi connectivity index (χ3n) is 6.93. The lowest BCUT2D eigenvalue weighted by molar-refractivity contribution is -0.123. The molecule has 2 aromatic carbocycles. The first-order valence-corrected chi connectivity index (χ1v) is 11.4. The first-order valence-electron chi connectivity index (χ1n) is 11.4. The van der Waals surface area contributed by atoms with Crippen molar-refractivity contribution >= 4 is 29.4 Å². The van der Waals surface area contributed by atoms with E-state index in [0.29, 0.717) is 43.0 Å². The highest BCUT2D eigenvalue weighted by atomic mass is 16.4. The average molecular weight is 472 g/mol. The zero-order valence-electron chi connectivity index (χ0n) is 19.3. The second kappa shape index (κ2) is 8.83. The lowest BCUT2D eigenvalue weighted by Gasteiger charge is -2.38. The van der Waals surface area contributed by atoms with Gasteiger partial charge in [-0.15, -0.1) is 0 Å². The molecule has 0 atom stereocenters. The van der Waals surface area contributed by atoms with Gasteiger partial charge < -0.3 is 20.2 Å². The lowest BCUT2D eigenvalue weighted by atomic mass is 9.73. The summed E-state index contributed by atoms with van der Waals surface area (Å²) in [6, 6.07) is 13.6. The molecule has 0 saturated carbocycles. The van der Waals surface area contributed by atoms with Crippen LogP contribution in [0.25, 0.3) is 0 Å². The van der Waals surface area contributed by atoms with E-state index in [1.807, 2.05) is 12.1 Å². The molecule has 2 aliphatic heterocycles. The number of anilines is 2. The maximum atomic E-state index is 13.4. The Hall–Kier alpha value is -4.27. The smallest absolute Gasteiger partial charge is 0.335 e. The number of aromatic carboxylic acids is 1. The van der Waals surface area contributed by atoms with Gasteiger partial charge in [-0.3, -0.25) is 9.59 Å². The maximum Gasteiger partial charge on any atom is 0.335 e. The number of nitrogens with one attached hydrogen (secondary N) is 1. The van der Waals surface area contributed by atoms with Crippen molar-refractivity contribution in [3.8, 4) is 0 Å². The number of carbonyl (C=O) groups is 3. The van der Waals surface area contributed by atoms with E-state index in [0.717, 1.165) is 11.3 Å². The van der Waals surface area contributed by atoms with Crippen molar-refractivity contribution in [2.75, 3.05) is 29.9 Å². The average Bonchev–Trinajstić information content (AvgIpc) is 3.09. The fourth-order valence-corrected chi connectivity index (χ4v) is 5.02. The van der Waals surface area contributed by atoms with Crippen LogP contribution in [-0.2, 0) is 16.8 Å². The lowest BCUT2D eigenvalue weighted by Crippen LogP contribution is -2.48. The van der Waals surface area contributed by atoms with Gasteiger partial charge in [-0.2, -0.15) is 0 Å². The maximum absolute atomic E-state index is 13.4. The first-order chi connectivity index (χ1) is 16.9. The number of carbonyl (C=O) groups excluding carboxylic acids is 2. The molecule has 0 bridgehead atoms. The second-order valence-corrected chi connectivity index (χ2v) is 8.90. The van der Waals surface area contributed by atoms with Crippen LogP contribution in [0.15, 0.2) is 60.9 Å². The largest absolute Gasteiger partial charge is 0.478 e. The Morgan fingerprint density at radius 1 is 1.03 bits per heavy atom. The SMILES string of the molecule is CN1C(=O)C2(CCN(c3ncccn3)CC2)c2cc(C(=O)NCc3cccc(C(=O)O)c3)ccc21. The van der Waals surface area contributed by atoms with Gasteiger partial charge in [-0.05, 0) is 60.4 Å². The van der Waals surface area contributed by atoms with Gasteiger partial charge >= 0.3 is 5.97 Å². The van der Waals surface area contributed by atoms with E-state index in [1.165, 1.54) is 12.1 Å². The number of nitrogens with zero attached hydrogens (tertiary/aromatic N) is 4. The highest BCUT2D eigenvalue weighted by Gasteiger charge is 2.51. The number of carboxylic acid groups (broad SMARTS) is 1. The fourth-order valence-electron chi connectivity index (χ4n) is 5.02. The van der Waals surface area contributed by atoms with Gasteiger partial charge in [-0.25, -0.2) is 14.8 Å². The Balaban J connectivity index is 1.35. The fraction of sp³-hybridized carbons (Fsp3) is 0.269. The van der Waals surface area contributed by atoms with E-state index in [-0.39, 0.29) is 23.9 Å². The number of hydrogen-bond donors (Lipinski definition) is 2. The molecule has 178 valence electrons. The highest BCUT2D eigenvalue weighted by Crippen LogP contribution is 2.48. The van der Waals surface area contributed by atoms with Crippen molar-refractivity contribution in [2.24, 2.45) is 0 Å². The topological polar surface area (TPSA) is 116 Å². The molecule has 1 fully saturated rings. The van der Waals surface area contributed by atoms with Crippen LogP contribution in [0.2, 0.25) is 0 Å². The molecule has 1 saturated heterocycles. The molecule has 2 N–H and O–H groups in total. The van der Waals surface area contributed by atoms with Crippen LogP contribution in [0.4, 0.5) is 11.6 Å². The zero-order chi connectivity index (χ0) is 24.6. The van der Waals surface area contributed by atoms with E-state index in [4.69, 9.17) is 0 Å². The molecule has 1 spiro atoms. The molecule has 3 aromatic rings. The van der Waals surface area contributed by atoms with Crippen molar-refractivity contribution in [2.45, 2.75) is 24.8 Å². The number of likely N-dealkylation sites (N-methyl/N-ethyl adjacent to an activating group) is 1. The Morgan fingerprint density at radius 3 is 2.49 bits per heavy atom. The Kier molecular flexibility index (Phi) is 5.68. The number of benzene rings is 2. The summed E-state index contributed by atoms with van der Waals surface area (Å²) < 4.78 is 0. The van der Waals surface area contributed by atoms with E-state index >= 15 is 0 Å². The monoisotopic (exact) mass is 471 g/mol. The normalized spacial score (nSPS) is 16.3. The molecule has 2 amide bonds. The Labute approximate surface area is 202 Å².